The molecular weight excluding hydrogens is 398 g/mol. The van der Waals surface area contributed by atoms with Gasteiger partial charge in [0.1, 0.15) is 24.9 Å². The second kappa shape index (κ2) is 7.54. The number of oxime groups is 1. The van der Waals surface area contributed by atoms with Crippen molar-refractivity contribution in [2.75, 3.05) is 19.8 Å². The number of rotatable bonds is 4. The van der Waals surface area contributed by atoms with Crippen molar-refractivity contribution in [1.82, 2.24) is 0 Å². The van der Waals surface area contributed by atoms with E-state index in [1.54, 1.807) is 19.9 Å². The molecule has 1 spiro atoms. The topological polar surface area (TPSA) is 103 Å². The van der Waals surface area contributed by atoms with Crippen LogP contribution in [0.25, 0.3) is 0 Å². The summed E-state index contributed by atoms with van der Waals surface area (Å²) < 4.78 is 41.4. The third-order valence-electron chi connectivity index (χ3n) is 5.22. The Morgan fingerprint density at radius 2 is 1.97 bits per heavy atom. The maximum absolute atomic E-state index is 11.9. The van der Waals surface area contributed by atoms with Crippen molar-refractivity contribution in [2.24, 2.45) is 5.16 Å². The molecule has 0 aromatic heterocycles. The van der Waals surface area contributed by atoms with E-state index in [4.69, 9.17) is 38.0 Å². The van der Waals surface area contributed by atoms with Gasteiger partial charge in [-0.2, -0.15) is 0 Å². The van der Waals surface area contributed by atoms with Gasteiger partial charge in [0.05, 0.1) is 13.2 Å². The maximum atomic E-state index is 11.9. The second-order valence-corrected chi connectivity index (χ2v) is 8.63. The first-order valence-electron chi connectivity index (χ1n) is 10.1. The van der Waals surface area contributed by atoms with E-state index in [1.807, 2.05) is 27.7 Å². The largest absolute Gasteiger partial charge is 0.461 e. The molecule has 4 aliphatic rings. The van der Waals surface area contributed by atoms with Gasteiger partial charge >= 0.3 is 5.97 Å². The predicted octanol–water partition coefficient (Wildman–Crippen LogP) is 1.62. The lowest BCUT2D eigenvalue weighted by Crippen LogP contribution is -2.63. The van der Waals surface area contributed by atoms with Crippen LogP contribution in [0.15, 0.2) is 16.8 Å². The van der Waals surface area contributed by atoms with Crippen molar-refractivity contribution >= 4 is 11.7 Å². The Morgan fingerprint density at radius 1 is 1.20 bits per heavy atom. The molecular formula is C20H29NO9. The van der Waals surface area contributed by atoms with Gasteiger partial charge in [-0.1, -0.05) is 5.16 Å². The first-order valence-corrected chi connectivity index (χ1v) is 10.1. The van der Waals surface area contributed by atoms with Gasteiger partial charge in [-0.25, -0.2) is 4.79 Å². The summed E-state index contributed by atoms with van der Waals surface area (Å²) in [7, 11) is 0. The van der Waals surface area contributed by atoms with E-state index in [0.717, 1.165) is 0 Å². The minimum Gasteiger partial charge on any atom is -0.461 e. The fourth-order valence-electron chi connectivity index (χ4n) is 4.01. The highest BCUT2D eigenvalue weighted by molar-refractivity contribution is 6.41. The van der Waals surface area contributed by atoms with Crippen LogP contribution in [0.4, 0.5) is 0 Å². The highest BCUT2D eigenvalue weighted by Gasteiger charge is 2.64. The third-order valence-corrected chi connectivity index (χ3v) is 5.22. The number of hydrogen-bond acceptors (Lipinski definition) is 10. The van der Waals surface area contributed by atoms with Gasteiger partial charge < -0.3 is 38.0 Å². The van der Waals surface area contributed by atoms with E-state index in [9.17, 15) is 4.79 Å². The number of esters is 1. The Hall–Kier alpha value is -1.56. The molecule has 0 radical (unpaired) electrons. The molecule has 0 unspecified atom stereocenters. The monoisotopic (exact) mass is 427 g/mol. The summed E-state index contributed by atoms with van der Waals surface area (Å²) in [4.78, 5) is 17.4. The standard InChI is InChI=1S/C20H29NO9/c1-7-23-16(22)12-8-11(2)17(29-21-12)26-15-14-13(27-19(5,6)28-14)9-24-20(15)10-25-18(3,4)30-20/h8,13-15,17H,7,9-10H2,1-6H3/t13-,14-,15+,17-,20+/m1/s1. The lowest BCUT2D eigenvalue weighted by Gasteiger charge is -2.44. The lowest BCUT2D eigenvalue weighted by atomic mass is 9.97. The third kappa shape index (κ3) is 4.00. The SMILES string of the molecule is CCOC(=O)C1=NO[C@@H](O[C@H]2[C@@H]3OC(C)(C)O[C@@H]3CO[C@]23COC(C)(C)O3)C(C)=C1. The summed E-state index contributed by atoms with van der Waals surface area (Å²) in [6, 6.07) is 0. The molecule has 0 amide bonds. The average Bonchev–Trinajstić information content (AvgIpc) is 3.14. The van der Waals surface area contributed by atoms with Gasteiger partial charge in [0.2, 0.25) is 12.1 Å². The minimum absolute atomic E-state index is 0.0739. The van der Waals surface area contributed by atoms with Crippen molar-refractivity contribution in [3.8, 4) is 0 Å². The summed E-state index contributed by atoms with van der Waals surface area (Å²) in [6.07, 6.45) is -0.835. The summed E-state index contributed by atoms with van der Waals surface area (Å²) in [5.74, 6) is -3.40. The fourth-order valence-corrected chi connectivity index (χ4v) is 4.01. The van der Waals surface area contributed by atoms with E-state index in [0.29, 0.717) is 5.57 Å². The molecule has 30 heavy (non-hydrogen) atoms. The fraction of sp³-hybridized carbons (Fsp3) is 0.800. The van der Waals surface area contributed by atoms with Crippen molar-refractivity contribution in [2.45, 2.75) is 83.5 Å². The van der Waals surface area contributed by atoms with E-state index in [1.165, 1.54) is 0 Å². The Balaban J connectivity index is 1.56. The van der Waals surface area contributed by atoms with E-state index in [-0.39, 0.29) is 31.6 Å². The summed E-state index contributed by atoms with van der Waals surface area (Å²) in [5, 5.41) is 3.86. The molecule has 0 N–H and O–H groups in total. The molecule has 0 aromatic carbocycles. The molecule has 0 aromatic rings. The maximum Gasteiger partial charge on any atom is 0.360 e. The van der Waals surface area contributed by atoms with Crippen molar-refractivity contribution in [3.63, 3.8) is 0 Å². The van der Waals surface area contributed by atoms with Gasteiger partial charge in [0, 0.05) is 0 Å². The van der Waals surface area contributed by atoms with E-state index in [2.05, 4.69) is 5.16 Å². The zero-order valence-corrected chi connectivity index (χ0v) is 18.1. The number of hydrogen-bond donors (Lipinski definition) is 0. The molecule has 5 atom stereocenters. The van der Waals surface area contributed by atoms with Gasteiger partial charge in [-0.05, 0) is 53.2 Å². The van der Waals surface area contributed by atoms with Crippen molar-refractivity contribution < 1.29 is 42.8 Å². The number of nitrogens with zero attached hydrogens (tertiary/aromatic N) is 1. The van der Waals surface area contributed by atoms with Crippen molar-refractivity contribution in [3.05, 3.63) is 11.6 Å². The normalized spacial score (nSPS) is 39.1. The summed E-state index contributed by atoms with van der Waals surface area (Å²) in [5.41, 5.74) is 0.714. The molecule has 4 heterocycles. The molecule has 10 nitrogen and oxygen atoms in total. The van der Waals surface area contributed by atoms with E-state index < -0.39 is 41.8 Å². The Labute approximate surface area is 175 Å². The summed E-state index contributed by atoms with van der Waals surface area (Å²) >= 11 is 0. The van der Waals surface area contributed by atoms with Crippen LogP contribution in [0.3, 0.4) is 0 Å². The smallest absolute Gasteiger partial charge is 0.360 e. The Morgan fingerprint density at radius 3 is 2.60 bits per heavy atom. The van der Waals surface area contributed by atoms with Crippen LogP contribution in [0.2, 0.25) is 0 Å². The van der Waals surface area contributed by atoms with Crippen LogP contribution in [-0.4, -0.2) is 73.5 Å². The van der Waals surface area contributed by atoms with Crippen LogP contribution >= 0.6 is 0 Å². The van der Waals surface area contributed by atoms with Gasteiger partial charge in [0.15, 0.2) is 17.3 Å². The zero-order chi connectivity index (χ0) is 21.7. The van der Waals surface area contributed by atoms with Crippen molar-refractivity contribution in [1.29, 1.82) is 0 Å². The highest BCUT2D eigenvalue weighted by atomic mass is 16.9. The Bertz CT molecular complexity index is 759. The molecule has 3 fully saturated rings. The first kappa shape index (κ1) is 21.7. The van der Waals surface area contributed by atoms with Gasteiger partial charge in [0.25, 0.3) is 0 Å². The number of ether oxygens (including phenoxy) is 7. The molecule has 0 bridgehead atoms. The molecule has 3 saturated heterocycles. The molecule has 0 aliphatic carbocycles. The van der Waals surface area contributed by atoms with E-state index >= 15 is 0 Å². The number of carbonyl (C=O) groups excluding carboxylic acids is 1. The van der Waals surface area contributed by atoms with Crippen LogP contribution in [0, 0.1) is 0 Å². The highest BCUT2D eigenvalue weighted by Crippen LogP contribution is 2.46. The second-order valence-electron chi connectivity index (χ2n) is 8.63. The quantitative estimate of drug-likeness (QED) is 0.619. The van der Waals surface area contributed by atoms with Gasteiger partial charge in [-0.3, -0.25) is 0 Å². The first-order chi connectivity index (χ1) is 14.0. The molecule has 10 heteroatoms. The minimum atomic E-state index is -1.19. The molecule has 4 aliphatic heterocycles. The predicted molar refractivity (Wildman–Crippen MR) is 101 cm³/mol. The average molecular weight is 427 g/mol. The van der Waals surface area contributed by atoms with Crippen LogP contribution in [0.5, 0.6) is 0 Å². The summed E-state index contributed by atoms with van der Waals surface area (Å²) in [6.45, 7) is 11.5. The van der Waals surface area contributed by atoms with Crippen LogP contribution < -0.4 is 0 Å². The van der Waals surface area contributed by atoms with Crippen LogP contribution in [-0.2, 0) is 42.8 Å². The number of carbonyl (C=O) groups is 1. The lowest BCUT2D eigenvalue weighted by molar-refractivity contribution is -0.352. The van der Waals surface area contributed by atoms with Gasteiger partial charge in [-0.15, -0.1) is 0 Å². The molecule has 4 rings (SSSR count). The zero-order valence-electron chi connectivity index (χ0n) is 18.1. The van der Waals surface area contributed by atoms with Crippen LogP contribution in [0.1, 0.15) is 41.5 Å². The molecule has 0 saturated carbocycles. The molecule has 168 valence electrons. The Kier molecular flexibility index (Phi) is 5.44. The number of fused-ring (bicyclic) bond motifs is 1.